The molecule has 0 bridgehead atoms. The molecule has 2 aromatic carbocycles. The lowest BCUT2D eigenvalue weighted by Crippen LogP contribution is -2.45. The lowest BCUT2D eigenvalue weighted by atomic mass is 10.0. The predicted molar refractivity (Wildman–Crippen MR) is 98.7 cm³/mol. The molecule has 4 rings (SSSR count). The van der Waals surface area contributed by atoms with E-state index in [1.54, 1.807) is 17.2 Å². The summed E-state index contributed by atoms with van der Waals surface area (Å²) < 4.78 is 0. The van der Waals surface area contributed by atoms with E-state index in [1.165, 1.54) is 5.56 Å². The second-order valence-electron chi connectivity index (χ2n) is 6.32. The summed E-state index contributed by atoms with van der Waals surface area (Å²) in [6.45, 7) is 1.15. The van der Waals surface area contributed by atoms with Gasteiger partial charge in [-0.15, -0.1) is 0 Å². The van der Waals surface area contributed by atoms with E-state index >= 15 is 0 Å². The zero-order valence-electron chi connectivity index (χ0n) is 14.2. The van der Waals surface area contributed by atoms with Gasteiger partial charge in [-0.2, -0.15) is 5.10 Å². The number of rotatable bonds is 3. The van der Waals surface area contributed by atoms with Crippen LogP contribution in [-0.4, -0.2) is 40.1 Å². The third kappa shape index (κ3) is 3.37. The van der Waals surface area contributed by atoms with Crippen molar-refractivity contribution >= 4 is 28.5 Å². The number of hydrogen-bond donors (Lipinski definition) is 3. The average molecular weight is 349 g/mol. The number of benzene rings is 2. The molecule has 1 aromatic heterocycles. The largest absolute Gasteiger partial charge is 0.329 e. The number of carbonyl (C=O) groups is 2. The number of nitrogens with zero attached hydrogens (tertiary/aromatic N) is 2. The Hall–Kier alpha value is -3.35. The molecule has 132 valence electrons. The zero-order valence-corrected chi connectivity index (χ0v) is 14.2. The molecular weight excluding hydrogens is 330 g/mol. The van der Waals surface area contributed by atoms with Gasteiger partial charge in [0, 0.05) is 24.2 Å². The van der Waals surface area contributed by atoms with Crippen LogP contribution < -0.4 is 10.6 Å². The van der Waals surface area contributed by atoms with E-state index in [0.29, 0.717) is 18.8 Å². The summed E-state index contributed by atoms with van der Waals surface area (Å²) in [7, 11) is 0. The maximum absolute atomic E-state index is 12.3. The molecule has 0 radical (unpaired) electrons. The van der Waals surface area contributed by atoms with Gasteiger partial charge in [0.05, 0.1) is 18.3 Å². The van der Waals surface area contributed by atoms with Gasteiger partial charge >= 0.3 is 6.03 Å². The second-order valence-corrected chi connectivity index (χ2v) is 6.32. The first kappa shape index (κ1) is 16.1. The standard InChI is InChI=1S/C19H19N5O2/c25-18(22-16-6-5-14-10-21-23-17(14)9-16)11-20-19(26)24-8-7-13-3-1-2-4-15(13)12-24/h1-6,9-10H,7-8,11-12H2,(H,20,26)(H,21,23)(H,22,25). The molecule has 0 aliphatic carbocycles. The van der Waals surface area contributed by atoms with Gasteiger partial charge < -0.3 is 15.5 Å². The normalized spacial score (nSPS) is 13.3. The quantitative estimate of drug-likeness (QED) is 0.677. The Labute approximate surface area is 150 Å². The van der Waals surface area contributed by atoms with Gasteiger partial charge in [-0.05, 0) is 35.7 Å². The van der Waals surface area contributed by atoms with E-state index in [-0.39, 0.29) is 18.5 Å². The van der Waals surface area contributed by atoms with Gasteiger partial charge in [-0.3, -0.25) is 9.89 Å². The molecular formula is C19H19N5O2. The van der Waals surface area contributed by atoms with Crippen molar-refractivity contribution < 1.29 is 9.59 Å². The predicted octanol–water partition coefficient (Wildman–Crippen LogP) is 2.27. The molecule has 7 heteroatoms. The van der Waals surface area contributed by atoms with Crippen LogP contribution in [0.4, 0.5) is 10.5 Å². The van der Waals surface area contributed by atoms with Gasteiger partial charge in [0.1, 0.15) is 0 Å². The highest BCUT2D eigenvalue weighted by Gasteiger charge is 2.20. The summed E-state index contributed by atoms with van der Waals surface area (Å²) in [6.07, 6.45) is 2.55. The highest BCUT2D eigenvalue weighted by Crippen LogP contribution is 2.18. The third-order valence-electron chi connectivity index (χ3n) is 4.54. The summed E-state index contributed by atoms with van der Waals surface area (Å²) in [6, 6.07) is 13.4. The molecule has 0 saturated heterocycles. The first-order chi connectivity index (χ1) is 12.7. The molecule has 7 nitrogen and oxygen atoms in total. The molecule has 0 saturated carbocycles. The third-order valence-corrected chi connectivity index (χ3v) is 4.54. The molecule has 0 spiro atoms. The number of nitrogens with one attached hydrogen (secondary N) is 3. The Morgan fingerprint density at radius 1 is 1.15 bits per heavy atom. The van der Waals surface area contributed by atoms with Crippen molar-refractivity contribution in [3.63, 3.8) is 0 Å². The van der Waals surface area contributed by atoms with E-state index < -0.39 is 0 Å². The minimum atomic E-state index is -0.269. The van der Waals surface area contributed by atoms with Gasteiger partial charge in [-0.25, -0.2) is 4.79 Å². The summed E-state index contributed by atoms with van der Waals surface area (Å²) in [5.41, 5.74) is 3.95. The van der Waals surface area contributed by atoms with Crippen molar-refractivity contribution in [3.05, 3.63) is 59.8 Å². The van der Waals surface area contributed by atoms with Crippen molar-refractivity contribution in [1.82, 2.24) is 20.4 Å². The first-order valence-corrected chi connectivity index (χ1v) is 8.51. The number of H-pyrrole nitrogens is 1. The number of urea groups is 1. The van der Waals surface area contributed by atoms with Crippen LogP contribution in [0, 0.1) is 0 Å². The molecule has 0 atom stereocenters. The summed E-state index contributed by atoms with van der Waals surface area (Å²) >= 11 is 0. The van der Waals surface area contributed by atoms with E-state index in [2.05, 4.69) is 26.9 Å². The Morgan fingerprint density at radius 2 is 2.00 bits per heavy atom. The zero-order chi connectivity index (χ0) is 17.9. The highest BCUT2D eigenvalue weighted by molar-refractivity contribution is 5.96. The van der Waals surface area contributed by atoms with Crippen molar-refractivity contribution in [2.75, 3.05) is 18.4 Å². The average Bonchev–Trinajstić information content (AvgIpc) is 3.13. The number of anilines is 1. The molecule has 0 unspecified atom stereocenters. The van der Waals surface area contributed by atoms with Crippen LogP contribution in [0.1, 0.15) is 11.1 Å². The second kappa shape index (κ2) is 6.87. The molecule has 2 heterocycles. The minimum absolute atomic E-state index is 0.0714. The smallest absolute Gasteiger partial charge is 0.318 e. The van der Waals surface area contributed by atoms with Crippen LogP contribution in [-0.2, 0) is 17.8 Å². The monoisotopic (exact) mass is 349 g/mol. The van der Waals surface area contributed by atoms with E-state index in [9.17, 15) is 9.59 Å². The van der Waals surface area contributed by atoms with Gasteiger partial charge in [0.15, 0.2) is 0 Å². The fourth-order valence-electron chi connectivity index (χ4n) is 3.16. The van der Waals surface area contributed by atoms with Crippen molar-refractivity contribution in [1.29, 1.82) is 0 Å². The van der Waals surface area contributed by atoms with Gasteiger partial charge in [0.2, 0.25) is 5.91 Å². The van der Waals surface area contributed by atoms with Gasteiger partial charge in [0.25, 0.3) is 0 Å². The van der Waals surface area contributed by atoms with Crippen molar-refractivity contribution in [3.8, 4) is 0 Å². The fraction of sp³-hybridized carbons (Fsp3) is 0.211. The molecule has 3 N–H and O–H groups in total. The Morgan fingerprint density at radius 3 is 2.88 bits per heavy atom. The topological polar surface area (TPSA) is 90.1 Å². The molecule has 26 heavy (non-hydrogen) atoms. The van der Waals surface area contributed by atoms with Crippen LogP contribution in [0.3, 0.4) is 0 Å². The maximum atomic E-state index is 12.3. The lowest BCUT2D eigenvalue weighted by molar-refractivity contribution is -0.115. The van der Waals surface area contributed by atoms with Crippen molar-refractivity contribution in [2.45, 2.75) is 13.0 Å². The van der Waals surface area contributed by atoms with Crippen LogP contribution in [0.15, 0.2) is 48.7 Å². The molecule has 0 fully saturated rings. The van der Waals surface area contributed by atoms with E-state index in [1.807, 2.05) is 30.3 Å². The number of amides is 3. The van der Waals surface area contributed by atoms with Crippen LogP contribution in [0.2, 0.25) is 0 Å². The summed E-state index contributed by atoms with van der Waals surface area (Å²) in [5.74, 6) is -0.269. The number of hydrogen-bond acceptors (Lipinski definition) is 3. The maximum Gasteiger partial charge on any atom is 0.318 e. The molecule has 3 aromatic rings. The Bertz CT molecular complexity index is 965. The number of carbonyl (C=O) groups excluding carboxylic acids is 2. The highest BCUT2D eigenvalue weighted by atomic mass is 16.2. The van der Waals surface area contributed by atoms with Crippen LogP contribution in [0.25, 0.3) is 10.9 Å². The molecule has 3 amide bonds. The Balaban J connectivity index is 1.30. The molecule has 1 aliphatic rings. The Kier molecular flexibility index (Phi) is 4.27. The van der Waals surface area contributed by atoms with E-state index in [4.69, 9.17) is 0 Å². The van der Waals surface area contributed by atoms with Crippen LogP contribution >= 0.6 is 0 Å². The van der Waals surface area contributed by atoms with Crippen molar-refractivity contribution in [2.24, 2.45) is 0 Å². The first-order valence-electron chi connectivity index (χ1n) is 8.51. The van der Waals surface area contributed by atoms with Crippen LogP contribution in [0.5, 0.6) is 0 Å². The van der Waals surface area contributed by atoms with E-state index in [0.717, 1.165) is 22.9 Å². The summed E-state index contributed by atoms with van der Waals surface area (Å²) in [4.78, 5) is 26.2. The molecule has 1 aliphatic heterocycles. The minimum Gasteiger partial charge on any atom is -0.329 e. The lowest BCUT2D eigenvalue weighted by Gasteiger charge is -2.28. The fourth-order valence-corrected chi connectivity index (χ4v) is 3.16. The SMILES string of the molecule is O=C(CNC(=O)N1CCc2ccccc2C1)Nc1ccc2cn[nH]c2c1. The summed E-state index contributed by atoms with van der Waals surface area (Å²) in [5, 5.41) is 13.2. The number of aromatic amines is 1. The van der Waals surface area contributed by atoms with Gasteiger partial charge in [-0.1, -0.05) is 24.3 Å². The number of aromatic nitrogens is 2. The number of fused-ring (bicyclic) bond motifs is 2.